The van der Waals surface area contributed by atoms with Crippen molar-refractivity contribution in [1.29, 1.82) is 0 Å². The molecule has 0 bridgehead atoms. The topological polar surface area (TPSA) is 37.4 Å². The number of rotatable bonds is 4. The minimum Gasteiger partial charge on any atom is -0.331 e. The monoisotopic (exact) mass is 279 g/mol. The molecule has 2 amide bonds. The van der Waals surface area contributed by atoms with E-state index < -0.39 is 0 Å². The van der Waals surface area contributed by atoms with Gasteiger partial charge in [-0.25, -0.2) is 0 Å². The molecule has 5 heteroatoms. The molecule has 0 saturated heterocycles. The molecule has 0 aliphatic heterocycles. The van der Waals surface area contributed by atoms with Crippen LogP contribution in [0.25, 0.3) is 0 Å². The highest BCUT2D eigenvalue weighted by Crippen LogP contribution is 2.14. The average Bonchev–Trinajstić information content (AvgIpc) is 1.97. The highest BCUT2D eigenvalue weighted by atomic mass is 79.9. The van der Waals surface area contributed by atoms with Gasteiger partial charge in [0.2, 0.25) is 11.8 Å². The molecule has 0 aromatic carbocycles. The Kier molecular flexibility index (Phi) is 5.45. The summed E-state index contributed by atoms with van der Waals surface area (Å²) in [6.45, 7) is 3.70. The number of carbonyl (C=O) groups excluding carboxylic acids is 2. The first-order valence-corrected chi connectivity index (χ1v) is 5.81. The van der Waals surface area contributed by atoms with Gasteiger partial charge in [-0.15, -0.1) is 0 Å². The number of quaternary nitrogens is 1. The lowest BCUT2D eigenvalue weighted by Gasteiger charge is -2.28. The van der Waals surface area contributed by atoms with Crippen molar-refractivity contribution in [2.24, 2.45) is 0 Å². The molecule has 0 fully saturated rings. The van der Waals surface area contributed by atoms with Gasteiger partial charge >= 0.3 is 0 Å². The maximum atomic E-state index is 11.2. The van der Waals surface area contributed by atoms with Crippen molar-refractivity contribution in [2.75, 3.05) is 27.7 Å². The van der Waals surface area contributed by atoms with Crippen LogP contribution in [0.2, 0.25) is 0 Å². The third kappa shape index (κ3) is 5.89. The van der Waals surface area contributed by atoms with Crippen LogP contribution in [-0.2, 0) is 9.59 Å². The third-order valence-electron chi connectivity index (χ3n) is 2.00. The molecule has 15 heavy (non-hydrogen) atoms. The molecular formula is C10H20BrN2O2+. The van der Waals surface area contributed by atoms with E-state index in [0.29, 0.717) is 0 Å². The molecule has 0 aliphatic rings. The Bertz CT molecular complexity index is 234. The predicted octanol–water partition coefficient (Wildman–Crippen LogP) is 1.20. The molecule has 4 nitrogen and oxygen atoms in total. The first-order chi connectivity index (χ1) is 6.65. The van der Waals surface area contributed by atoms with E-state index in [1.54, 1.807) is 0 Å². The van der Waals surface area contributed by atoms with Crippen LogP contribution in [0.15, 0.2) is 0 Å². The lowest BCUT2D eigenvalue weighted by molar-refractivity contribution is -0.870. The average molecular weight is 280 g/mol. The Balaban J connectivity index is 4.34. The summed E-state index contributed by atoms with van der Waals surface area (Å²) in [7, 11) is 6.22. The number of carbonyl (C=O) groups is 2. The van der Waals surface area contributed by atoms with E-state index in [1.807, 2.05) is 0 Å². The first-order valence-electron chi connectivity index (χ1n) is 4.90. The standard InChI is InChI=1S/C10H20BrN2O2/c1-8(14)12(9(2)15)10(11)6-7-13(3,4)5/h10H,6-7H2,1-5H3/q+1. The van der Waals surface area contributed by atoms with Gasteiger partial charge in [-0.3, -0.25) is 14.5 Å². The molecule has 0 aromatic rings. The second kappa shape index (κ2) is 5.61. The molecule has 0 aliphatic carbocycles. The lowest BCUT2D eigenvalue weighted by Crippen LogP contribution is -2.43. The van der Waals surface area contributed by atoms with Gasteiger partial charge in [0, 0.05) is 20.3 Å². The largest absolute Gasteiger partial charge is 0.331 e. The fraction of sp³-hybridized carbons (Fsp3) is 0.800. The van der Waals surface area contributed by atoms with Crippen molar-refractivity contribution in [3.8, 4) is 0 Å². The number of alkyl halides is 1. The molecule has 0 spiro atoms. The summed E-state index contributed by atoms with van der Waals surface area (Å²) in [5.41, 5.74) is 0. The SMILES string of the molecule is CC(=O)N(C(C)=O)C(Br)CC[N+](C)(C)C. The zero-order chi connectivity index (χ0) is 12.2. The molecule has 88 valence electrons. The van der Waals surface area contributed by atoms with Gasteiger partial charge in [-0.1, -0.05) is 15.9 Å². The van der Waals surface area contributed by atoms with E-state index >= 15 is 0 Å². The number of amides is 2. The van der Waals surface area contributed by atoms with E-state index in [-0.39, 0.29) is 16.8 Å². The zero-order valence-corrected chi connectivity index (χ0v) is 11.7. The summed E-state index contributed by atoms with van der Waals surface area (Å²) >= 11 is 3.37. The van der Waals surface area contributed by atoms with E-state index in [9.17, 15) is 9.59 Å². The van der Waals surface area contributed by atoms with Gasteiger partial charge in [0.25, 0.3) is 0 Å². The van der Waals surface area contributed by atoms with E-state index in [2.05, 4.69) is 37.1 Å². The zero-order valence-electron chi connectivity index (χ0n) is 10.1. The van der Waals surface area contributed by atoms with Crippen molar-refractivity contribution >= 4 is 27.7 Å². The third-order valence-corrected chi connectivity index (χ3v) is 2.86. The number of imide groups is 1. The van der Waals surface area contributed by atoms with Crippen molar-refractivity contribution in [2.45, 2.75) is 25.2 Å². The van der Waals surface area contributed by atoms with Crippen LogP contribution in [0.1, 0.15) is 20.3 Å². The van der Waals surface area contributed by atoms with Crippen molar-refractivity contribution in [1.82, 2.24) is 4.90 Å². The Morgan fingerprint density at radius 3 is 1.87 bits per heavy atom. The Hall–Kier alpha value is -0.420. The molecule has 0 heterocycles. The molecule has 1 unspecified atom stereocenters. The Labute approximate surface area is 99.9 Å². The highest BCUT2D eigenvalue weighted by Gasteiger charge is 2.23. The van der Waals surface area contributed by atoms with Crippen LogP contribution < -0.4 is 0 Å². The fourth-order valence-electron chi connectivity index (χ4n) is 1.24. The number of hydrogen-bond acceptors (Lipinski definition) is 2. The molecule has 0 radical (unpaired) electrons. The maximum Gasteiger partial charge on any atom is 0.227 e. The van der Waals surface area contributed by atoms with Gasteiger partial charge < -0.3 is 4.48 Å². The summed E-state index contributed by atoms with van der Waals surface area (Å²) < 4.78 is 0.811. The van der Waals surface area contributed by atoms with Gasteiger partial charge in [-0.2, -0.15) is 0 Å². The van der Waals surface area contributed by atoms with Crippen LogP contribution in [0.3, 0.4) is 0 Å². The van der Waals surface area contributed by atoms with Gasteiger partial charge in [0.15, 0.2) is 0 Å². The van der Waals surface area contributed by atoms with Crippen LogP contribution >= 0.6 is 15.9 Å². The van der Waals surface area contributed by atoms with E-state index in [0.717, 1.165) is 17.4 Å². The first kappa shape index (κ1) is 14.6. The molecule has 0 N–H and O–H groups in total. The Morgan fingerprint density at radius 1 is 1.20 bits per heavy atom. The Morgan fingerprint density at radius 2 is 1.60 bits per heavy atom. The summed E-state index contributed by atoms with van der Waals surface area (Å²) in [5.74, 6) is -0.434. The maximum absolute atomic E-state index is 11.2. The number of hydrogen-bond donors (Lipinski definition) is 0. The number of nitrogens with zero attached hydrogens (tertiary/aromatic N) is 2. The minimum atomic E-state index is -0.217. The quantitative estimate of drug-likeness (QED) is 0.441. The normalized spacial score (nSPS) is 13.5. The van der Waals surface area contributed by atoms with Crippen molar-refractivity contribution in [3.63, 3.8) is 0 Å². The van der Waals surface area contributed by atoms with Crippen LogP contribution in [0.4, 0.5) is 0 Å². The molecule has 0 saturated carbocycles. The van der Waals surface area contributed by atoms with Crippen LogP contribution in [0.5, 0.6) is 0 Å². The summed E-state index contributed by atoms with van der Waals surface area (Å²) in [6.07, 6.45) is 0.753. The molecule has 1 atom stereocenters. The van der Waals surface area contributed by atoms with Crippen LogP contribution in [-0.4, -0.2) is 53.8 Å². The molecule has 0 aromatic heterocycles. The number of halogens is 1. The molecule has 0 rings (SSSR count). The summed E-state index contributed by atoms with van der Waals surface area (Å²) in [4.78, 5) is 23.5. The minimum absolute atomic E-state index is 0.204. The van der Waals surface area contributed by atoms with Gasteiger partial charge in [0.1, 0.15) is 4.95 Å². The van der Waals surface area contributed by atoms with Gasteiger partial charge in [-0.05, 0) is 0 Å². The predicted molar refractivity (Wildman–Crippen MR) is 63.4 cm³/mol. The van der Waals surface area contributed by atoms with E-state index in [4.69, 9.17) is 0 Å². The van der Waals surface area contributed by atoms with Crippen molar-refractivity contribution in [3.05, 3.63) is 0 Å². The fourth-order valence-corrected chi connectivity index (χ4v) is 2.02. The molecular weight excluding hydrogens is 260 g/mol. The summed E-state index contributed by atoms with van der Waals surface area (Å²) in [5, 5.41) is 0. The highest BCUT2D eigenvalue weighted by molar-refractivity contribution is 9.09. The van der Waals surface area contributed by atoms with Crippen LogP contribution in [0, 0.1) is 0 Å². The second-order valence-electron chi connectivity index (χ2n) is 4.65. The smallest absolute Gasteiger partial charge is 0.227 e. The second-order valence-corrected chi connectivity index (χ2v) is 5.70. The van der Waals surface area contributed by atoms with Gasteiger partial charge in [0.05, 0.1) is 27.7 Å². The summed E-state index contributed by atoms with van der Waals surface area (Å²) in [6, 6.07) is 0. The van der Waals surface area contributed by atoms with Crippen molar-refractivity contribution < 1.29 is 14.1 Å². The van der Waals surface area contributed by atoms with E-state index in [1.165, 1.54) is 18.7 Å². The lowest BCUT2D eigenvalue weighted by atomic mass is 10.3.